The predicted octanol–water partition coefficient (Wildman–Crippen LogP) is 6.44. The van der Waals surface area contributed by atoms with Crippen molar-refractivity contribution >= 4 is 15.8 Å². The van der Waals surface area contributed by atoms with Crippen LogP contribution in [-0.4, -0.2) is 35.3 Å². The highest BCUT2D eigenvalue weighted by Crippen LogP contribution is 2.32. The second-order valence-corrected chi connectivity index (χ2v) is 12.6. The molecule has 0 unspecified atom stereocenters. The number of nitrogens with zero attached hydrogens (tertiary/aromatic N) is 1. The third kappa shape index (κ3) is 7.92. The van der Waals surface area contributed by atoms with Crippen LogP contribution in [0.15, 0.2) is 76.0 Å². The number of aliphatic hydroxyl groups is 1. The summed E-state index contributed by atoms with van der Waals surface area (Å²) in [4.78, 5) is 12.8. The third-order valence-corrected chi connectivity index (χ3v) is 8.80. The van der Waals surface area contributed by atoms with E-state index in [-0.39, 0.29) is 22.8 Å². The van der Waals surface area contributed by atoms with Gasteiger partial charge in [0.1, 0.15) is 5.76 Å². The van der Waals surface area contributed by atoms with Crippen molar-refractivity contribution in [3.63, 3.8) is 0 Å². The van der Waals surface area contributed by atoms with Gasteiger partial charge in [-0.25, -0.2) is 8.42 Å². The topological polar surface area (TPSA) is 108 Å². The molecule has 11 heteroatoms. The number of aliphatic hydroxyl groups excluding tert-OH is 1. The lowest BCUT2D eigenvalue weighted by atomic mass is 9.99. The first-order chi connectivity index (χ1) is 20.2. The first-order valence-electron chi connectivity index (χ1n) is 13.4. The summed E-state index contributed by atoms with van der Waals surface area (Å²) < 4.78 is 69.9. The number of rotatable bonds is 11. The van der Waals surface area contributed by atoms with Crippen molar-refractivity contribution in [3.05, 3.63) is 112 Å². The number of hydrogen-bond acceptors (Lipinski definition) is 6. The third-order valence-electron chi connectivity index (χ3n) is 7.12. The fraction of sp³-hybridized carbons (Fsp3) is 0.281. The number of aliphatic carboxylic acids is 1. The minimum atomic E-state index is -4.58. The molecule has 0 amide bonds. The van der Waals surface area contributed by atoms with Crippen LogP contribution in [0.1, 0.15) is 44.9 Å². The maximum atomic E-state index is 13.2. The molecular weight excluding hydrogens is 583 g/mol. The minimum absolute atomic E-state index is 0.102. The van der Waals surface area contributed by atoms with Crippen LogP contribution in [0.25, 0.3) is 11.1 Å². The molecule has 0 aliphatic rings. The van der Waals surface area contributed by atoms with E-state index in [9.17, 15) is 31.5 Å². The summed E-state index contributed by atoms with van der Waals surface area (Å²) in [6, 6.07) is 18.1. The zero-order chi connectivity index (χ0) is 31.5. The van der Waals surface area contributed by atoms with Gasteiger partial charge in [-0.1, -0.05) is 54.1 Å². The monoisotopic (exact) mass is 615 g/mol. The number of carboxylic acids is 1. The summed E-state index contributed by atoms with van der Waals surface area (Å²) in [7, 11) is -4.18. The van der Waals surface area contributed by atoms with Gasteiger partial charge in [0.2, 0.25) is 5.76 Å². The summed E-state index contributed by atoms with van der Waals surface area (Å²) in [5, 5.41) is 18.6. The highest BCUT2D eigenvalue weighted by molar-refractivity contribution is 7.92. The lowest BCUT2D eigenvalue weighted by molar-refractivity contribution is -0.153. The van der Waals surface area contributed by atoms with Gasteiger partial charge in [0, 0.05) is 13.1 Å². The number of hydrogen-bond donors (Lipinski definition) is 2. The summed E-state index contributed by atoms with van der Waals surface area (Å²) in [6.45, 7) is 6.44. The van der Waals surface area contributed by atoms with Crippen LogP contribution >= 0.6 is 0 Å². The zero-order valence-electron chi connectivity index (χ0n) is 23.9. The van der Waals surface area contributed by atoms with Crippen molar-refractivity contribution in [2.45, 2.75) is 58.1 Å². The average molecular weight is 616 g/mol. The SMILES string of the molecule is Cc1cc(C)c(CN(Cc2ccc(-c3ccc(CO)c(S(=O)(=O)CC(=O)O)c3)cc2)Cc2ccc(C(F)(F)F)o2)c(C)c1. The van der Waals surface area contributed by atoms with Gasteiger partial charge in [0.05, 0.1) is 18.0 Å². The Morgan fingerprint density at radius 1 is 0.860 bits per heavy atom. The van der Waals surface area contributed by atoms with E-state index < -0.39 is 40.1 Å². The van der Waals surface area contributed by atoms with Gasteiger partial charge in [0.25, 0.3) is 0 Å². The molecule has 1 aromatic heterocycles. The Kier molecular flexibility index (Phi) is 9.48. The van der Waals surface area contributed by atoms with E-state index >= 15 is 0 Å². The normalized spacial score (nSPS) is 12.2. The van der Waals surface area contributed by atoms with Gasteiger partial charge < -0.3 is 14.6 Å². The van der Waals surface area contributed by atoms with Crippen molar-refractivity contribution in [2.24, 2.45) is 0 Å². The summed E-state index contributed by atoms with van der Waals surface area (Å²) in [6.07, 6.45) is -4.58. The van der Waals surface area contributed by atoms with Gasteiger partial charge >= 0.3 is 12.1 Å². The fourth-order valence-electron chi connectivity index (χ4n) is 5.14. The van der Waals surface area contributed by atoms with Crippen molar-refractivity contribution < 1.29 is 41.0 Å². The quantitative estimate of drug-likeness (QED) is 0.200. The Hall–Kier alpha value is -3.93. The fourth-order valence-corrected chi connectivity index (χ4v) is 6.46. The Labute approximate surface area is 248 Å². The molecule has 0 fully saturated rings. The van der Waals surface area contributed by atoms with Gasteiger partial charge in [-0.3, -0.25) is 9.69 Å². The van der Waals surface area contributed by atoms with Gasteiger partial charge in [-0.2, -0.15) is 13.2 Å². The highest BCUT2D eigenvalue weighted by atomic mass is 32.2. The molecule has 0 radical (unpaired) electrons. The molecule has 0 aliphatic heterocycles. The molecule has 7 nitrogen and oxygen atoms in total. The lowest BCUT2D eigenvalue weighted by Crippen LogP contribution is -2.23. The molecule has 0 spiro atoms. The lowest BCUT2D eigenvalue weighted by Gasteiger charge is -2.24. The number of furan rings is 1. The molecule has 43 heavy (non-hydrogen) atoms. The maximum Gasteiger partial charge on any atom is 0.449 e. The number of halogens is 3. The predicted molar refractivity (Wildman–Crippen MR) is 155 cm³/mol. The van der Waals surface area contributed by atoms with E-state index in [4.69, 9.17) is 9.52 Å². The summed E-state index contributed by atoms with van der Waals surface area (Å²) in [5.74, 6) is -3.46. The average Bonchev–Trinajstić information content (AvgIpc) is 3.39. The number of carboxylic acid groups (broad SMARTS) is 1. The Bertz CT molecular complexity index is 1700. The molecule has 0 atom stereocenters. The first-order valence-corrected chi connectivity index (χ1v) is 15.0. The molecule has 4 aromatic rings. The molecule has 0 bridgehead atoms. The van der Waals surface area contributed by atoms with E-state index in [0.29, 0.717) is 24.2 Å². The molecule has 3 aromatic carbocycles. The molecule has 1 heterocycles. The van der Waals surface area contributed by atoms with Crippen LogP contribution in [0.3, 0.4) is 0 Å². The first kappa shape index (κ1) is 32.0. The second-order valence-electron chi connectivity index (χ2n) is 10.6. The van der Waals surface area contributed by atoms with Crippen molar-refractivity contribution in [1.82, 2.24) is 4.90 Å². The molecular formula is C32H32F3NO6S. The van der Waals surface area contributed by atoms with E-state index in [0.717, 1.165) is 33.9 Å². The maximum absolute atomic E-state index is 13.2. The van der Waals surface area contributed by atoms with Gasteiger partial charge in [0.15, 0.2) is 15.6 Å². The Morgan fingerprint density at radius 2 is 1.49 bits per heavy atom. The molecule has 2 N–H and O–H groups in total. The second kappa shape index (κ2) is 12.7. The Morgan fingerprint density at radius 3 is 2.05 bits per heavy atom. The van der Waals surface area contributed by atoms with Crippen LogP contribution in [-0.2, 0) is 47.0 Å². The summed E-state index contributed by atoms with van der Waals surface area (Å²) >= 11 is 0. The van der Waals surface area contributed by atoms with Crippen LogP contribution in [0, 0.1) is 20.8 Å². The highest BCUT2D eigenvalue weighted by Gasteiger charge is 2.35. The Balaban J connectivity index is 1.62. The van der Waals surface area contributed by atoms with Gasteiger partial charge in [-0.05, 0) is 77.9 Å². The van der Waals surface area contributed by atoms with E-state index in [1.165, 1.54) is 18.2 Å². The number of benzene rings is 3. The van der Waals surface area contributed by atoms with Crippen LogP contribution in [0.4, 0.5) is 13.2 Å². The summed E-state index contributed by atoms with van der Waals surface area (Å²) in [5.41, 5.74) is 6.49. The van der Waals surface area contributed by atoms with E-state index in [1.807, 2.05) is 37.8 Å². The largest absolute Gasteiger partial charge is 0.480 e. The van der Waals surface area contributed by atoms with Crippen LogP contribution in [0.2, 0.25) is 0 Å². The smallest absolute Gasteiger partial charge is 0.449 e. The molecule has 228 valence electrons. The molecule has 4 rings (SSSR count). The molecule has 0 aliphatic carbocycles. The minimum Gasteiger partial charge on any atom is -0.480 e. The zero-order valence-corrected chi connectivity index (χ0v) is 24.7. The standard InChI is InChI=1S/C32H32F3NO6S/c1-20-12-21(2)28(22(3)13-20)17-36(16-27-10-11-30(42-27)32(33,34)35)15-23-4-6-24(7-5-23)25-8-9-26(18-37)29(14-25)43(40,41)19-31(38)39/h4-14,37H,15-19H2,1-3H3,(H,38,39). The number of carbonyl (C=O) groups is 1. The van der Waals surface area contributed by atoms with E-state index in [1.54, 1.807) is 18.2 Å². The number of aryl methyl sites for hydroxylation is 3. The van der Waals surface area contributed by atoms with Crippen LogP contribution in [0.5, 0.6) is 0 Å². The van der Waals surface area contributed by atoms with E-state index in [2.05, 4.69) is 12.1 Å². The molecule has 0 saturated carbocycles. The number of sulfone groups is 1. The molecule has 0 saturated heterocycles. The van der Waals surface area contributed by atoms with Crippen molar-refractivity contribution in [1.29, 1.82) is 0 Å². The van der Waals surface area contributed by atoms with Gasteiger partial charge in [-0.15, -0.1) is 0 Å². The van der Waals surface area contributed by atoms with Crippen molar-refractivity contribution in [3.8, 4) is 11.1 Å². The van der Waals surface area contributed by atoms with Crippen LogP contribution < -0.4 is 0 Å². The number of alkyl halides is 3. The van der Waals surface area contributed by atoms with Crippen molar-refractivity contribution in [2.75, 3.05) is 5.75 Å².